The molecule has 6 unspecified atom stereocenters. The summed E-state index contributed by atoms with van der Waals surface area (Å²) in [6, 6.07) is 0. The molecule has 6 atom stereocenters. The van der Waals surface area contributed by atoms with Crippen LogP contribution in [0.2, 0.25) is 0 Å². The molecule has 3 rings (SSSR count). The highest BCUT2D eigenvalue weighted by molar-refractivity contribution is 5.75. The van der Waals surface area contributed by atoms with Gasteiger partial charge in [-0.3, -0.25) is 9.59 Å². The number of amides is 2. The lowest BCUT2D eigenvalue weighted by atomic mass is 9.96. The van der Waals surface area contributed by atoms with Gasteiger partial charge in [0, 0.05) is 35.1 Å². The first kappa shape index (κ1) is 42.7. The van der Waals surface area contributed by atoms with Crippen LogP contribution in [0, 0.1) is 5.92 Å². The minimum Gasteiger partial charge on any atom is -0.370 e. The summed E-state index contributed by atoms with van der Waals surface area (Å²) in [5, 5.41) is 3.04. The Morgan fingerprint density at radius 3 is 1.70 bits per heavy atom. The zero-order chi connectivity index (χ0) is 34.8. The Morgan fingerprint density at radius 2 is 1.24 bits per heavy atom. The number of ether oxygens (including phenoxy) is 6. The minimum absolute atomic E-state index is 0. The van der Waals surface area contributed by atoms with E-state index >= 15 is 0 Å². The summed E-state index contributed by atoms with van der Waals surface area (Å²) in [7, 11) is 0. The lowest BCUT2D eigenvalue weighted by Gasteiger charge is -2.28. The fourth-order valence-electron chi connectivity index (χ4n) is 5.89. The highest BCUT2D eigenvalue weighted by atomic mass is 16.8. The van der Waals surface area contributed by atoms with Gasteiger partial charge in [-0.1, -0.05) is 92.9 Å². The summed E-state index contributed by atoms with van der Waals surface area (Å²) in [5.41, 5.74) is 5.31. The molecule has 3 fully saturated rings. The van der Waals surface area contributed by atoms with Crippen molar-refractivity contribution in [2.45, 2.75) is 194 Å². The van der Waals surface area contributed by atoms with E-state index in [1.807, 2.05) is 34.6 Å². The van der Waals surface area contributed by atoms with Crippen molar-refractivity contribution in [2.75, 3.05) is 19.8 Å². The third-order valence-corrected chi connectivity index (χ3v) is 8.95. The van der Waals surface area contributed by atoms with Crippen molar-refractivity contribution in [3.63, 3.8) is 0 Å². The van der Waals surface area contributed by atoms with E-state index in [-0.39, 0.29) is 21.3 Å². The Hall–Kier alpha value is -1.30. The van der Waals surface area contributed by atoms with Crippen LogP contribution in [0.1, 0.15) is 156 Å². The van der Waals surface area contributed by atoms with E-state index in [2.05, 4.69) is 33.0 Å². The molecule has 10 nitrogen and oxygen atoms in total. The zero-order valence-electron chi connectivity index (χ0n) is 31.0. The van der Waals surface area contributed by atoms with Gasteiger partial charge in [-0.15, -0.1) is 0 Å². The van der Waals surface area contributed by atoms with Crippen LogP contribution in [0.5, 0.6) is 0 Å². The number of primary amides is 1. The molecule has 0 bridgehead atoms. The first-order valence-electron chi connectivity index (χ1n) is 18.3. The van der Waals surface area contributed by atoms with Crippen LogP contribution >= 0.6 is 0 Å². The van der Waals surface area contributed by atoms with Gasteiger partial charge in [0.05, 0.1) is 13.2 Å². The summed E-state index contributed by atoms with van der Waals surface area (Å²) in [4.78, 5) is 23.7. The normalized spacial score (nSPS) is 30.0. The van der Waals surface area contributed by atoms with Crippen LogP contribution in [0.25, 0.3) is 0 Å². The van der Waals surface area contributed by atoms with E-state index in [0.717, 1.165) is 18.8 Å². The molecule has 0 aromatic carbocycles. The molecule has 2 amide bonds. The monoisotopic (exact) mass is 663 g/mol. The Labute approximate surface area is 283 Å². The summed E-state index contributed by atoms with van der Waals surface area (Å²) < 4.78 is 37.0. The molecule has 0 saturated carbocycles. The Bertz CT molecular complexity index is 864. The molecule has 0 aromatic heterocycles. The number of hydrogen-bond donors (Lipinski definition) is 2. The molecule has 0 radical (unpaired) electrons. The maximum absolute atomic E-state index is 12.5. The number of carbonyl (C=O) groups excluding carboxylic acids is 2. The molecule has 3 aliphatic heterocycles. The molecule has 3 saturated heterocycles. The maximum atomic E-state index is 12.5. The SMILES string of the molecule is CC.CCC(CC)CCCCCCNC(=O)CCC1(C)OCC(C2OC(C)(C)OC2C2COC(C)(CCC(N)=O)O2)O1.CCCC.[HH].[HH]. The predicted molar refractivity (Wildman–Crippen MR) is 186 cm³/mol. The van der Waals surface area contributed by atoms with Crippen LogP contribution in [0.15, 0.2) is 0 Å². The average Bonchev–Trinajstić information content (AvgIpc) is 3.72. The van der Waals surface area contributed by atoms with Gasteiger partial charge in [-0.25, -0.2) is 0 Å². The first-order valence-corrected chi connectivity index (χ1v) is 18.3. The lowest BCUT2D eigenvalue weighted by Crippen LogP contribution is -2.45. The second kappa shape index (κ2) is 21.6. The van der Waals surface area contributed by atoms with Crippen LogP contribution in [-0.2, 0) is 38.0 Å². The molecule has 3 heterocycles. The van der Waals surface area contributed by atoms with Gasteiger partial charge in [0.2, 0.25) is 11.8 Å². The van der Waals surface area contributed by atoms with Crippen LogP contribution in [-0.4, -0.2) is 73.4 Å². The summed E-state index contributed by atoms with van der Waals surface area (Å²) in [5.74, 6) is -2.17. The second-order valence-corrected chi connectivity index (χ2v) is 13.5. The fourth-order valence-corrected chi connectivity index (χ4v) is 5.89. The van der Waals surface area contributed by atoms with Gasteiger partial charge < -0.3 is 39.5 Å². The Morgan fingerprint density at radius 1 is 0.761 bits per heavy atom. The number of nitrogens with one attached hydrogen (secondary N) is 1. The summed E-state index contributed by atoms with van der Waals surface area (Å²) in [6.45, 7) is 21.6. The topological polar surface area (TPSA) is 128 Å². The van der Waals surface area contributed by atoms with E-state index < -0.39 is 41.6 Å². The van der Waals surface area contributed by atoms with Crippen molar-refractivity contribution in [2.24, 2.45) is 11.7 Å². The van der Waals surface area contributed by atoms with Crippen molar-refractivity contribution in [3.05, 3.63) is 0 Å². The van der Waals surface area contributed by atoms with Crippen LogP contribution in [0.4, 0.5) is 0 Å². The predicted octanol–water partition coefficient (Wildman–Crippen LogP) is 7.64. The van der Waals surface area contributed by atoms with Gasteiger partial charge in [-0.05, 0) is 40.0 Å². The van der Waals surface area contributed by atoms with E-state index in [9.17, 15) is 9.59 Å². The zero-order valence-corrected chi connectivity index (χ0v) is 31.0. The van der Waals surface area contributed by atoms with Crippen molar-refractivity contribution in [1.82, 2.24) is 5.32 Å². The molecule has 276 valence electrons. The van der Waals surface area contributed by atoms with Crippen molar-refractivity contribution in [1.29, 1.82) is 0 Å². The largest absolute Gasteiger partial charge is 0.370 e. The summed E-state index contributed by atoms with van der Waals surface area (Å²) >= 11 is 0. The van der Waals surface area contributed by atoms with Crippen LogP contribution < -0.4 is 11.1 Å². The highest BCUT2D eigenvalue weighted by Gasteiger charge is 2.55. The average molecular weight is 663 g/mol. The van der Waals surface area contributed by atoms with Crippen molar-refractivity contribution in [3.8, 4) is 0 Å². The molecule has 3 N–H and O–H groups in total. The fraction of sp³-hybridized carbons (Fsp3) is 0.944. The van der Waals surface area contributed by atoms with Crippen LogP contribution in [0.3, 0.4) is 0 Å². The standard InChI is InChI=1S/C30H54N2O8.C4H10.C2H6.2H2/c1-7-21(8-2)13-11-9-10-12-18-32-25(34)15-17-30(6)36-20-23(38-30)27-26(39-28(3,4)40-27)22-19-35-29(5,37-22)16-14-24(31)33;1-3-4-2;1-2;;/h21-23,26-27H,7-20H2,1-6H3,(H2,31,33)(H,32,34);3-4H2,1-2H3;1-2H3;2*1H. The summed E-state index contributed by atoms with van der Waals surface area (Å²) in [6.07, 6.45) is 10.8. The third kappa shape index (κ3) is 15.3. The minimum atomic E-state index is -0.914. The number of nitrogens with two attached hydrogens (primary N) is 1. The maximum Gasteiger partial charge on any atom is 0.220 e. The Kier molecular flexibility index (Phi) is 20.1. The van der Waals surface area contributed by atoms with Gasteiger partial charge in [0.25, 0.3) is 0 Å². The van der Waals surface area contributed by atoms with E-state index in [1.54, 1.807) is 6.92 Å². The molecule has 0 aromatic rings. The van der Waals surface area contributed by atoms with Crippen molar-refractivity contribution >= 4 is 11.8 Å². The molecule has 0 spiro atoms. The number of hydrogen-bond acceptors (Lipinski definition) is 8. The third-order valence-electron chi connectivity index (χ3n) is 8.95. The molecule has 0 aliphatic carbocycles. The smallest absolute Gasteiger partial charge is 0.220 e. The second-order valence-electron chi connectivity index (χ2n) is 13.5. The number of unbranched alkanes of at least 4 members (excludes halogenated alkanes) is 4. The van der Waals surface area contributed by atoms with Gasteiger partial charge in [0.1, 0.15) is 24.4 Å². The quantitative estimate of drug-likeness (QED) is 0.143. The molecular weight excluding hydrogens is 588 g/mol. The van der Waals surface area contributed by atoms with E-state index in [4.69, 9.17) is 34.2 Å². The van der Waals surface area contributed by atoms with Gasteiger partial charge in [0.15, 0.2) is 17.4 Å². The van der Waals surface area contributed by atoms with E-state index in [0.29, 0.717) is 39.0 Å². The molecule has 46 heavy (non-hydrogen) atoms. The number of carbonyl (C=O) groups is 2. The van der Waals surface area contributed by atoms with Gasteiger partial charge in [-0.2, -0.15) is 0 Å². The van der Waals surface area contributed by atoms with Crippen molar-refractivity contribution < 1.29 is 40.9 Å². The van der Waals surface area contributed by atoms with Gasteiger partial charge >= 0.3 is 0 Å². The Balaban J connectivity index is 0. The number of rotatable bonds is 18. The molecule has 3 aliphatic rings. The van der Waals surface area contributed by atoms with E-state index in [1.165, 1.54) is 44.9 Å². The first-order chi connectivity index (χ1) is 21.8. The highest BCUT2D eigenvalue weighted by Crippen LogP contribution is 2.41. The molecule has 10 heteroatoms. The molecular formula is C36H74N2O8. The lowest BCUT2D eigenvalue weighted by molar-refractivity contribution is -0.186.